The molecular formula is C9H18N2. The van der Waals surface area contributed by atoms with Crippen molar-refractivity contribution in [2.75, 3.05) is 20.6 Å². The Bertz CT molecular complexity index is 124. The third-order valence-corrected chi connectivity index (χ3v) is 1.50. The molecule has 64 valence electrons. The molecule has 0 aliphatic carbocycles. The molecule has 0 rings (SSSR count). The van der Waals surface area contributed by atoms with Gasteiger partial charge in [0.2, 0.25) is 0 Å². The van der Waals surface area contributed by atoms with Crippen LogP contribution in [0.15, 0.2) is 0 Å². The molecule has 0 amide bonds. The first-order valence-electron chi connectivity index (χ1n) is 4.00. The van der Waals surface area contributed by atoms with E-state index in [-0.39, 0.29) is 6.04 Å². The number of likely N-dealkylation sites (N-methyl/N-ethyl adjacent to an activating group) is 1. The van der Waals surface area contributed by atoms with Crippen LogP contribution in [0.3, 0.4) is 0 Å². The molecule has 0 aliphatic rings. The zero-order chi connectivity index (χ0) is 8.69. The van der Waals surface area contributed by atoms with Gasteiger partial charge in [-0.3, -0.25) is 0 Å². The van der Waals surface area contributed by atoms with Crippen molar-refractivity contribution in [3.8, 4) is 12.3 Å². The molecule has 0 aromatic rings. The summed E-state index contributed by atoms with van der Waals surface area (Å²) >= 11 is 0. The summed E-state index contributed by atoms with van der Waals surface area (Å²) in [5.41, 5.74) is 5.81. The van der Waals surface area contributed by atoms with Crippen LogP contribution in [0, 0.1) is 12.3 Å². The number of nitrogens with two attached hydrogens (primary N) is 1. The predicted molar refractivity (Wildman–Crippen MR) is 49.2 cm³/mol. The number of hydrogen-bond acceptors (Lipinski definition) is 2. The maximum absolute atomic E-state index is 5.81. The molecule has 2 nitrogen and oxygen atoms in total. The summed E-state index contributed by atoms with van der Waals surface area (Å²) in [6, 6.07) is 0.276. The Morgan fingerprint density at radius 2 is 2.18 bits per heavy atom. The maximum atomic E-state index is 5.81. The van der Waals surface area contributed by atoms with Crippen LogP contribution in [-0.2, 0) is 0 Å². The topological polar surface area (TPSA) is 29.3 Å². The van der Waals surface area contributed by atoms with Gasteiger partial charge in [-0.1, -0.05) is 0 Å². The summed E-state index contributed by atoms with van der Waals surface area (Å²) in [5.74, 6) is 2.61. The van der Waals surface area contributed by atoms with Crippen LogP contribution < -0.4 is 5.73 Å². The molecule has 0 saturated carbocycles. The molecule has 0 aromatic carbocycles. The van der Waals surface area contributed by atoms with Crippen LogP contribution in [0.25, 0.3) is 0 Å². The van der Waals surface area contributed by atoms with Gasteiger partial charge in [0.25, 0.3) is 0 Å². The lowest BCUT2D eigenvalue weighted by Crippen LogP contribution is -2.32. The van der Waals surface area contributed by atoms with Gasteiger partial charge in [0.15, 0.2) is 0 Å². The molecule has 1 unspecified atom stereocenters. The Morgan fingerprint density at radius 3 is 2.64 bits per heavy atom. The average molecular weight is 154 g/mol. The monoisotopic (exact) mass is 154 g/mol. The average Bonchev–Trinajstić information content (AvgIpc) is 1.86. The first-order chi connectivity index (χ1) is 5.16. The fraction of sp³-hybridized carbons (Fsp3) is 0.778. The zero-order valence-electron chi connectivity index (χ0n) is 7.51. The fourth-order valence-electron chi connectivity index (χ4n) is 1.03. The highest BCUT2D eigenvalue weighted by Gasteiger charge is 2.01. The van der Waals surface area contributed by atoms with Crippen LogP contribution in [0.1, 0.15) is 19.3 Å². The molecule has 2 N–H and O–H groups in total. The first-order valence-corrected chi connectivity index (χ1v) is 4.00. The third kappa shape index (κ3) is 7.38. The van der Waals surface area contributed by atoms with Crippen molar-refractivity contribution in [3.63, 3.8) is 0 Å². The van der Waals surface area contributed by atoms with E-state index in [2.05, 4.69) is 10.8 Å². The summed E-state index contributed by atoms with van der Waals surface area (Å²) in [6.45, 7) is 0.949. The van der Waals surface area contributed by atoms with Gasteiger partial charge in [-0.15, -0.1) is 12.3 Å². The van der Waals surface area contributed by atoms with Gasteiger partial charge in [-0.2, -0.15) is 0 Å². The molecule has 11 heavy (non-hydrogen) atoms. The number of terminal acetylenes is 1. The molecule has 0 aromatic heterocycles. The Hall–Kier alpha value is -0.520. The van der Waals surface area contributed by atoms with E-state index in [1.807, 2.05) is 14.1 Å². The van der Waals surface area contributed by atoms with Crippen molar-refractivity contribution in [2.45, 2.75) is 25.3 Å². The number of rotatable bonds is 5. The normalized spacial score (nSPS) is 13.0. The van der Waals surface area contributed by atoms with Crippen LogP contribution in [0.2, 0.25) is 0 Å². The van der Waals surface area contributed by atoms with E-state index in [0.717, 1.165) is 25.8 Å². The van der Waals surface area contributed by atoms with E-state index < -0.39 is 0 Å². The van der Waals surface area contributed by atoms with Crippen LogP contribution >= 0.6 is 0 Å². The molecule has 0 aliphatic heterocycles. The van der Waals surface area contributed by atoms with Crippen molar-refractivity contribution in [1.29, 1.82) is 0 Å². The molecule has 0 radical (unpaired) electrons. The summed E-state index contributed by atoms with van der Waals surface area (Å²) < 4.78 is 0. The number of nitrogens with zero attached hydrogens (tertiary/aromatic N) is 1. The lowest BCUT2D eigenvalue weighted by atomic mass is 10.1. The van der Waals surface area contributed by atoms with Crippen LogP contribution in [0.4, 0.5) is 0 Å². The smallest absolute Gasteiger partial charge is 0.0167 e. The quantitative estimate of drug-likeness (QED) is 0.466. The van der Waals surface area contributed by atoms with Gasteiger partial charge in [-0.25, -0.2) is 0 Å². The van der Waals surface area contributed by atoms with Gasteiger partial charge >= 0.3 is 0 Å². The molecule has 2 heteroatoms. The third-order valence-electron chi connectivity index (χ3n) is 1.50. The highest BCUT2D eigenvalue weighted by Crippen LogP contribution is 1.98. The lowest BCUT2D eigenvalue weighted by molar-refractivity contribution is 0.360. The second-order valence-corrected chi connectivity index (χ2v) is 3.12. The van der Waals surface area contributed by atoms with Crippen LogP contribution in [0.5, 0.6) is 0 Å². The van der Waals surface area contributed by atoms with Gasteiger partial charge < -0.3 is 10.6 Å². The van der Waals surface area contributed by atoms with Gasteiger partial charge in [-0.05, 0) is 26.9 Å². The summed E-state index contributed by atoms with van der Waals surface area (Å²) in [7, 11) is 4.06. The van der Waals surface area contributed by atoms with E-state index in [1.165, 1.54) is 0 Å². The summed E-state index contributed by atoms with van der Waals surface area (Å²) in [5, 5.41) is 0. The van der Waals surface area contributed by atoms with E-state index in [1.54, 1.807) is 0 Å². The molecule has 0 spiro atoms. The molecule has 0 saturated heterocycles. The second kappa shape index (κ2) is 6.21. The highest BCUT2D eigenvalue weighted by atomic mass is 15.1. The lowest BCUT2D eigenvalue weighted by Gasteiger charge is -2.15. The van der Waals surface area contributed by atoms with E-state index >= 15 is 0 Å². The standard InChI is InChI=1S/C9H18N2/c1-4-5-6-7-9(10)8-11(2)3/h1,9H,5-8,10H2,2-3H3. The van der Waals surface area contributed by atoms with Gasteiger partial charge in [0.05, 0.1) is 0 Å². The highest BCUT2D eigenvalue weighted by molar-refractivity contribution is 4.83. The van der Waals surface area contributed by atoms with E-state index in [0.29, 0.717) is 0 Å². The van der Waals surface area contributed by atoms with Crippen molar-refractivity contribution < 1.29 is 0 Å². The van der Waals surface area contributed by atoms with Crippen molar-refractivity contribution in [3.05, 3.63) is 0 Å². The summed E-state index contributed by atoms with van der Waals surface area (Å²) in [6.07, 6.45) is 8.04. The minimum Gasteiger partial charge on any atom is -0.327 e. The summed E-state index contributed by atoms with van der Waals surface area (Å²) in [4.78, 5) is 2.10. The Balaban J connectivity index is 3.24. The number of hydrogen-bond donors (Lipinski definition) is 1. The number of unbranched alkanes of at least 4 members (excludes halogenated alkanes) is 1. The van der Waals surface area contributed by atoms with Crippen LogP contribution in [-0.4, -0.2) is 31.6 Å². The van der Waals surface area contributed by atoms with E-state index in [4.69, 9.17) is 12.2 Å². The second-order valence-electron chi connectivity index (χ2n) is 3.12. The predicted octanol–water partition coefficient (Wildman–Crippen LogP) is 0.679. The maximum Gasteiger partial charge on any atom is 0.0167 e. The Morgan fingerprint density at radius 1 is 1.55 bits per heavy atom. The molecular weight excluding hydrogens is 136 g/mol. The first kappa shape index (κ1) is 10.5. The largest absolute Gasteiger partial charge is 0.327 e. The van der Waals surface area contributed by atoms with Crippen molar-refractivity contribution in [2.24, 2.45) is 5.73 Å². The van der Waals surface area contributed by atoms with Gasteiger partial charge in [0.1, 0.15) is 0 Å². The van der Waals surface area contributed by atoms with E-state index in [9.17, 15) is 0 Å². The van der Waals surface area contributed by atoms with Crippen molar-refractivity contribution in [1.82, 2.24) is 4.90 Å². The molecule has 1 atom stereocenters. The SMILES string of the molecule is C#CCCCC(N)CN(C)C. The zero-order valence-corrected chi connectivity index (χ0v) is 7.51. The fourth-order valence-corrected chi connectivity index (χ4v) is 1.03. The Kier molecular flexibility index (Phi) is 5.91. The molecule has 0 bridgehead atoms. The molecule has 0 heterocycles. The minimum atomic E-state index is 0.276. The minimum absolute atomic E-state index is 0.276. The van der Waals surface area contributed by atoms with Gasteiger partial charge in [0, 0.05) is 19.0 Å². The van der Waals surface area contributed by atoms with Crippen molar-refractivity contribution >= 4 is 0 Å². The Labute approximate surface area is 69.8 Å². The molecule has 0 fully saturated rings.